The van der Waals surface area contributed by atoms with Crippen molar-refractivity contribution in [2.24, 2.45) is 0 Å². The van der Waals surface area contributed by atoms with Gasteiger partial charge >= 0.3 is 0 Å². The monoisotopic (exact) mass is 341 g/mol. The number of methoxy groups -OCH3 is 1. The number of hydrogen-bond donors (Lipinski definition) is 0. The van der Waals surface area contributed by atoms with Crippen LogP contribution in [0, 0.1) is 10.1 Å². The molecule has 0 N–H and O–H groups in total. The molecule has 132 valence electrons. The molecule has 0 amide bonds. The van der Waals surface area contributed by atoms with Crippen LogP contribution < -0.4 is 4.74 Å². The Morgan fingerprint density at radius 3 is 1.72 bits per heavy atom. The summed E-state index contributed by atoms with van der Waals surface area (Å²) in [5, 5.41) is 10.7. The van der Waals surface area contributed by atoms with Crippen LogP contribution in [-0.4, -0.2) is 48.0 Å². The maximum atomic E-state index is 10.7. The average Bonchev–Trinajstić information content (AvgIpc) is 2.64. The fourth-order valence-electron chi connectivity index (χ4n) is 3.08. The Morgan fingerprint density at radius 1 is 0.880 bits per heavy atom. The number of hydrogen-bond acceptors (Lipinski definition) is 5. The first-order chi connectivity index (χ1) is 12.1. The minimum atomic E-state index is -0.359. The summed E-state index contributed by atoms with van der Waals surface area (Å²) >= 11 is 0. The number of non-ortho nitro benzene ring substituents is 1. The van der Waals surface area contributed by atoms with Gasteiger partial charge in [-0.1, -0.05) is 24.3 Å². The molecule has 0 unspecified atom stereocenters. The predicted molar refractivity (Wildman–Crippen MR) is 96.6 cm³/mol. The lowest BCUT2D eigenvalue weighted by atomic mass is 10.1. The molecule has 1 heterocycles. The highest BCUT2D eigenvalue weighted by atomic mass is 16.6. The molecule has 25 heavy (non-hydrogen) atoms. The Balaban J connectivity index is 1.47. The van der Waals surface area contributed by atoms with E-state index in [2.05, 4.69) is 21.9 Å². The van der Waals surface area contributed by atoms with Gasteiger partial charge in [-0.25, -0.2) is 0 Å². The number of piperazine rings is 1. The quantitative estimate of drug-likeness (QED) is 0.597. The van der Waals surface area contributed by atoms with E-state index in [4.69, 9.17) is 4.74 Å². The summed E-state index contributed by atoms with van der Waals surface area (Å²) < 4.78 is 5.19. The maximum absolute atomic E-state index is 10.7. The van der Waals surface area contributed by atoms with E-state index in [0.717, 1.165) is 50.6 Å². The van der Waals surface area contributed by atoms with E-state index < -0.39 is 0 Å². The van der Waals surface area contributed by atoms with E-state index >= 15 is 0 Å². The molecule has 2 aromatic rings. The summed E-state index contributed by atoms with van der Waals surface area (Å²) in [5.74, 6) is 0.886. The van der Waals surface area contributed by atoms with Crippen molar-refractivity contribution in [3.8, 4) is 5.75 Å². The second-order valence-electron chi connectivity index (χ2n) is 6.32. The average molecular weight is 341 g/mol. The molecule has 1 aliphatic heterocycles. The molecular weight excluding hydrogens is 318 g/mol. The molecule has 0 saturated carbocycles. The van der Waals surface area contributed by atoms with Crippen LogP contribution in [-0.2, 0) is 13.1 Å². The lowest BCUT2D eigenvalue weighted by molar-refractivity contribution is -0.384. The van der Waals surface area contributed by atoms with Crippen LogP contribution >= 0.6 is 0 Å². The first kappa shape index (κ1) is 17.4. The highest BCUT2D eigenvalue weighted by Gasteiger charge is 2.17. The minimum absolute atomic E-state index is 0.146. The van der Waals surface area contributed by atoms with Gasteiger partial charge in [-0.15, -0.1) is 0 Å². The Bertz CT molecular complexity index is 693. The number of nitro groups is 1. The first-order valence-corrected chi connectivity index (χ1v) is 8.45. The Morgan fingerprint density at radius 2 is 1.32 bits per heavy atom. The van der Waals surface area contributed by atoms with Gasteiger partial charge < -0.3 is 4.74 Å². The van der Waals surface area contributed by atoms with Crippen molar-refractivity contribution in [2.75, 3.05) is 33.3 Å². The first-order valence-electron chi connectivity index (χ1n) is 8.45. The van der Waals surface area contributed by atoms with Crippen molar-refractivity contribution >= 4 is 5.69 Å². The number of nitrogens with zero attached hydrogens (tertiary/aromatic N) is 3. The highest BCUT2D eigenvalue weighted by Crippen LogP contribution is 2.16. The summed E-state index contributed by atoms with van der Waals surface area (Å²) in [7, 11) is 1.68. The van der Waals surface area contributed by atoms with Crippen LogP contribution in [0.2, 0.25) is 0 Å². The Labute approximate surface area is 147 Å². The van der Waals surface area contributed by atoms with Crippen molar-refractivity contribution in [2.45, 2.75) is 13.1 Å². The molecule has 0 radical (unpaired) electrons. The fourth-order valence-corrected chi connectivity index (χ4v) is 3.08. The maximum Gasteiger partial charge on any atom is 0.269 e. The van der Waals surface area contributed by atoms with Crippen LogP contribution in [0.5, 0.6) is 5.75 Å². The molecule has 6 heteroatoms. The summed E-state index contributed by atoms with van der Waals surface area (Å²) in [6, 6.07) is 15.1. The molecule has 0 atom stereocenters. The topological polar surface area (TPSA) is 58.8 Å². The van der Waals surface area contributed by atoms with E-state index in [9.17, 15) is 10.1 Å². The second-order valence-corrected chi connectivity index (χ2v) is 6.32. The minimum Gasteiger partial charge on any atom is -0.497 e. The third-order valence-electron chi connectivity index (χ3n) is 4.58. The van der Waals surface area contributed by atoms with Gasteiger partial charge in [0.1, 0.15) is 5.75 Å². The number of benzene rings is 2. The summed E-state index contributed by atoms with van der Waals surface area (Å²) in [6.45, 7) is 5.86. The molecule has 0 bridgehead atoms. The van der Waals surface area contributed by atoms with Crippen LogP contribution in [0.3, 0.4) is 0 Å². The van der Waals surface area contributed by atoms with Crippen LogP contribution in [0.25, 0.3) is 0 Å². The van der Waals surface area contributed by atoms with E-state index in [1.165, 1.54) is 5.56 Å². The van der Waals surface area contributed by atoms with Crippen molar-refractivity contribution < 1.29 is 9.66 Å². The van der Waals surface area contributed by atoms with Gasteiger partial charge in [0.05, 0.1) is 12.0 Å². The molecule has 1 aliphatic rings. The number of rotatable bonds is 6. The number of nitro benzene ring substituents is 1. The largest absolute Gasteiger partial charge is 0.497 e. The van der Waals surface area contributed by atoms with Crippen molar-refractivity contribution in [3.63, 3.8) is 0 Å². The SMILES string of the molecule is COc1ccc(CN2CCN(Cc3ccc([N+](=O)[O-])cc3)CC2)cc1. The zero-order valence-electron chi connectivity index (χ0n) is 14.4. The van der Waals surface area contributed by atoms with E-state index in [-0.39, 0.29) is 10.6 Å². The zero-order chi connectivity index (χ0) is 17.6. The molecular formula is C19H23N3O3. The smallest absolute Gasteiger partial charge is 0.269 e. The van der Waals surface area contributed by atoms with Crippen LogP contribution in [0.1, 0.15) is 11.1 Å². The van der Waals surface area contributed by atoms with Crippen molar-refractivity contribution in [1.29, 1.82) is 0 Å². The molecule has 0 aromatic heterocycles. The van der Waals surface area contributed by atoms with Gasteiger partial charge in [0.15, 0.2) is 0 Å². The van der Waals surface area contributed by atoms with Crippen LogP contribution in [0.4, 0.5) is 5.69 Å². The lowest BCUT2D eigenvalue weighted by Gasteiger charge is -2.34. The second kappa shape index (κ2) is 8.09. The van der Waals surface area contributed by atoms with E-state index in [1.54, 1.807) is 19.2 Å². The van der Waals surface area contributed by atoms with Crippen LogP contribution in [0.15, 0.2) is 48.5 Å². The van der Waals surface area contributed by atoms with E-state index in [1.807, 2.05) is 24.3 Å². The van der Waals surface area contributed by atoms with Gasteiger partial charge in [-0.3, -0.25) is 19.9 Å². The highest BCUT2D eigenvalue weighted by molar-refractivity contribution is 5.32. The molecule has 3 rings (SSSR count). The third-order valence-corrected chi connectivity index (χ3v) is 4.58. The van der Waals surface area contributed by atoms with Crippen molar-refractivity contribution in [3.05, 3.63) is 69.8 Å². The summed E-state index contributed by atoms with van der Waals surface area (Å²) in [4.78, 5) is 15.2. The third kappa shape index (κ3) is 4.78. The molecule has 2 aromatic carbocycles. The Kier molecular flexibility index (Phi) is 5.63. The molecule has 0 aliphatic carbocycles. The van der Waals surface area contributed by atoms with Gasteiger partial charge in [0.2, 0.25) is 0 Å². The van der Waals surface area contributed by atoms with Gasteiger partial charge in [0, 0.05) is 51.4 Å². The van der Waals surface area contributed by atoms with E-state index in [0.29, 0.717) is 0 Å². The lowest BCUT2D eigenvalue weighted by Crippen LogP contribution is -2.45. The van der Waals surface area contributed by atoms with Crippen molar-refractivity contribution in [1.82, 2.24) is 9.80 Å². The van der Waals surface area contributed by atoms with Gasteiger partial charge in [-0.2, -0.15) is 0 Å². The van der Waals surface area contributed by atoms with Gasteiger partial charge in [-0.05, 0) is 23.3 Å². The number of ether oxygens (including phenoxy) is 1. The molecule has 0 spiro atoms. The Hall–Kier alpha value is -2.44. The van der Waals surface area contributed by atoms with Gasteiger partial charge in [0.25, 0.3) is 5.69 Å². The zero-order valence-corrected chi connectivity index (χ0v) is 14.4. The summed E-state index contributed by atoms with van der Waals surface area (Å²) in [5.41, 5.74) is 2.56. The standard InChI is InChI=1S/C19H23N3O3/c1-25-19-8-4-17(5-9-19)15-21-12-10-20(11-13-21)14-16-2-6-18(7-3-16)22(23)24/h2-9H,10-15H2,1H3. The fraction of sp³-hybridized carbons (Fsp3) is 0.368. The molecule has 6 nitrogen and oxygen atoms in total. The molecule has 1 saturated heterocycles. The summed E-state index contributed by atoms with van der Waals surface area (Å²) in [6.07, 6.45) is 0. The normalized spacial score (nSPS) is 15.9. The predicted octanol–water partition coefficient (Wildman–Crippen LogP) is 2.92. The molecule has 1 fully saturated rings.